The highest BCUT2D eigenvalue weighted by Crippen LogP contribution is 2.47. The van der Waals surface area contributed by atoms with Crippen molar-refractivity contribution in [1.82, 2.24) is 5.32 Å². The van der Waals surface area contributed by atoms with Crippen molar-refractivity contribution in [2.75, 3.05) is 12.8 Å². The Morgan fingerprint density at radius 3 is 2.05 bits per heavy atom. The van der Waals surface area contributed by atoms with Crippen LogP contribution in [0.15, 0.2) is 84.8 Å². The molecule has 6 N–H and O–H groups in total. The normalized spacial score (nSPS) is 12.6. The third-order valence-electron chi connectivity index (χ3n) is 6.06. The number of azo groups is 2. The number of nitrogens with one attached hydrogen (secondary N) is 1. The van der Waals surface area contributed by atoms with E-state index >= 15 is 0 Å². The minimum Gasteiger partial charge on any atom is -0.505 e. The van der Waals surface area contributed by atoms with E-state index in [1.54, 1.807) is 26.1 Å². The second-order valence-corrected chi connectivity index (χ2v) is 11.9. The van der Waals surface area contributed by atoms with Crippen LogP contribution in [0.25, 0.3) is 10.8 Å². The molecule has 0 fully saturated rings. The molecule has 0 aliphatic carbocycles. The molecule has 0 saturated carbocycles. The lowest BCUT2D eigenvalue weighted by molar-refractivity contribution is 0.472. The third-order valence-corrected chi connectivity index (χ3v) is 7.81. The summed E-state index contributed by atoms with van der Waals surface area (Å²) in [6.45, 7) is 3.86. The molecule has 0 atom stereocenters. The van der Waals surface area contributed by atoms with E-state index in [0.29, 0.717) is 16.8 Å². The first kappa shape index (κ1) is 29.7. The summed E-state index contributed by atoms with van der Waals surface area (Å²) in [6, 6.07) is 13.7. The van der Waals surface area contributed by atoms with Crippen LogP contribution in [-0.4, -0.2) is 38.1 Å². The topological polar surface area (TPSA) is 216 Å². The molecule has 4 rings (SSSR count). The summed E-state index contributed by atoms with van der Waals surface area (Å²) in [4.78, 5) is -1.41. The molecular weight excluding hydrogens is 572 g/mol. The highest BCUT2D eigenvalue weighted by atomic mass is 32.2. The number of phenols is 1. The Balaban J connectivity index is 1.93. The van der Waals surface area contributed by atoms with Crippen molar-refractivity contribution in [2.45, 2.75) is 30.2 Å². The van der Waals surface area contributed by atoms with Crippen molar-refractivity contribution in [3.05, 3.63) is 71.3 Å². The van der Waals surface area contributed by atoms with E-state index < -0.39 is 41.5 Å². The minimum absolute atomic E-state index is 0.0471. The number of hydrogen-bond acceptors (Lipinski definition) is 11. The first-order chi connectivity index (χ1) is 19.2. The smallest absolute Gasteiger partial charge is 0.296 e. The molecule has 0 bridgehead atoms. The molecule has 0 unspecified atom stereocenters. The lowest BCUT2D eigenvalue weighted by Gasteiger charge is -2.13. The van der Waals surface area contributed by atoms with Gasteiger partial charge in [-0.25, -0.2) is 0 Å². The Kier molecular flexibility index (Phi) is 8.19. The van der Waals surface area contributed by atoms with E-state index in [1.165, 1.54) is 18.2 Å². The Labute approximate surface area is 236 Å². The molecule has 0 aliphatic heterocycles. The zero-order valence-electron chi connectivity index (χ0n) is 22.1. The van der Waals surface area contributed by atoms with E-state index in [-0.39, 0.29) is 34.4 Å². The highest BCUT2D eigenvalue weighted by Gasteiger charge is 2.25. The van der Waals surface area contributed by atoms with Crippen LogP contribution in [0.5, 0.6) is 5.75 Å². The van der Waals surface area contributed by atoms with Crippen LogP contribution in [0.2, 0.25) is 0 Å². The fourth-order valence-corrected chi connectivity index (χ4v) is 5.42. The van der Waals surface area contributed by atoms with Crippen molar-refractivity contribution >= 4 is 59.4 Å². The SMILES string of the molecule is CNCc1ccc(N=Nc2c(S(=O)(=O)O)cc3cc(C)c(N=Nc4ccc(C)cc4)c(N)c3c2O)c(S(=O)(=O)O)c1. The number of nitrogen functional groups attached to an aromatic ring is 1. The molecule has 4 aromatic rings. The van der Waals surface area contributed by atoms with Crippen LogP contribution >= 0.6 is 0 Å². The van der Waals surface area contributed by atoms with Gasteiger partial charge in [0.1, 0.15) is 26.9 Å². The van der Waals surface area contributed by atoms with Gasteiger partial charge in [0.15, 0.2) is 5.75 Å². The number of nitrogens with zero attached hydrogens (tertiary/aromatic N) is 4. The van der Waals surface area contributed by atoms with Gasteiger partial charge in [0, 0.05) is 6.54 Å². The predicted molar refractivity (Wildman–Crippen MR) is 153 cm³/mol. The second-order valence-electron chi connectivity index (χ2n) is 9.14. The maximum Gasteiger partial charge on any atom is 0.296 e. The van der Waals surface area contributed by atoms with Crippen molar-refractivity contribution in [1.29, 1.82) is 0 Å². The monoisotopic (exact) mass is 598 g/mol. The molecule has 13 nitrogen and oxygen atoms in total. The molecule has 214 valence electrons. The molecule has 0 spiro atoms. The molecule has 0 heterocycles. The van der Waals surface area contributed by atoms with E-state index in [4.69, 9.17) is 5.73 Å². The molecule has 0 aliphatic rings. The van der Waals surface area contributed by atoms with E-state index in [9.17, 15) is 31.0 Å². The van der Waals surface area contributed by atoms with Crippen LogP contribution in [-0.2, 0) is 26.8 Å². The Bertz CT molecular complexity index is 1940. The number of phenolic OH excluding ortho intramolecular Hbond substituents is 1. The van der Waals surface area contributed by atoms with Crippen molar-refractivity contribution in [3.63, 3.8) is 0 Å². The number of benzene rings is 4. The Morgan fingerprint density at radius 2 is 1.44 bits per heavy atom. The lowest BCUT2D eigenvalue weighted by Crippen LogP contribution is -2.06. The van der Waals surface area contributed by atoms with Gasteiger partial charge in [-0.2, -0.15) is 21.9 Å². The van der Waals surface area contributed by atoms with Gasteiger partial charge in [0.25, 0.3) is 20.2 Å². The molecule has 41 heavy (non-hydrogen) atoms. The van der Waals surface area contributed by atoms with Crippen molar-refractivity contribution in [3.8, 4) is 5.75 Å². The van der Waals surface area contributed by atoms with E-state index in [2.05, 4.69) is 25.8 Å². The first-order valence-corrected chi connectivity index (χ1v) is 14.8. The van der Waals surface area contributed by atoms with Gasteiger partial charge in [-0.05, 0) is 73.8 Å². The standard InChI is InChI=1S/C26H26N6O7S2/c1-14-4-7-18(8-5-14)29-31-24-15(2)10-17-12-21(41(37,38)39)25(26(33)22(17)23(24)27)32-30-19-9-6-16(13-28-3)11-20(19)40(34,35)36/h4-12,28,33H,13,27H2,1-3H3,(H,34,35,36)(H,37,38,39). The molecule has 0 radical (unpaired) electrons. The maximum absolute atomic E-state index is 12.3. The molecule has 0 saturated heterocycles. The number of hydrogen-bond donors (Lipinski definition) is 5. The lowest BCUT2D eigenvalue weighted by atomic mass is 10.0. The van der Waals surface area contributed by atoms with E-state index in [0.717, 1.165) is 17.7 Å². The summed E-state index contributed by atoms with van der Waals surface area (Å²) in [5.41, 5.74) is 8.02. The average molecular weight is 599 g/mol. The largest absolute Gasteiger partial charge is 0.505 e. The predicted octanol–water partition coefficient (Wildman–Crippen LogP) is 5.79. The molecule has 4 aromatic carbocycles. The van der Waals surface area contributed by atoms with Gasteiger partial charge in [0.2, 0.25) is 0 Å². The highest BCUT2D eigenvalue weighted by molar-refractivity contribution is 7.86. The molecule has 0 amide bonds. The van der Waals surface area contributed by atoms with E-state index in [1.807, 2.05) is 19.1 Å². The minimum atomic E-state index is -4.96. The Hall–Kier alpha value is -4.28. The van der Waals surface area contributed by atoms with Crippen molar-refractivity contribution in [2.24, 2.45) is 20.5 Å². The summed E-state index contributed by atoms with van der Waals surface area (Å²) in [6.07, 6.45) is 0. The van der Waals surface area contributed by atoms with Gasteiger partial charge < -0.3 is 16.2 Å². The number of anilines is 1. The van der Waals surface area contributed by atoms with Gasteiger partial charge >= 0.3 is 0 Å². The molecular formula is C26H26N6O7S2. The number of aryl methyl sites for hydroxylation is 2. The Morgan fingerprint density at radius 1 is 0.805 bits per heavy atom. The summed E-state index contributed by atoms with van der Waals surface area (Å²) in [5.74, 6) is -0.761. The fourth-order valence-electron chi connectivity index (χ4n) is 4.09. The first-order valence-electron chi connectivity index (χ1n) is 11.9. The fraction of sp³-hybridized carbons (Fsp3) is 0.154. The number of nitrogens with two attached hydrogens (primary N) is 1. The van der Waals surface area contributed by atoms with Crippen LogP contribution in [0.4, 0.5) is 28.4 Å². The summed E-state index contributed by atoms with van der Waals surface area (Å²) < 4.78 is 68.1. The zero-order valence-corrected chi connectivity index (χ0v) is 23.7. The maximum atomic E-state index is 12.3. The van der Waals surface area contributed by atoms with Crippen LogP contribution in [0, 0.1) is 13.8 Å². The third kappa shape index (κ3) is 6.39. The summed E-state index contributed by atoms with van der Waals surface area (Å²) in [7, 11) is -8.09. The van der Waals surface area contributed by atoms with Crippen LogP contribution in [0.1, 0.15) is 16.7 Å². The zero-order chi connectivity index (χ0) is 30.1. The average Bonchev–Trinajstić information content (AvgIpc) is 2.88. The van der Waals surface area contributed by atoms with Gasteiger partial charge in [-0.15, -0.1) is 15.3 Å². The number of rotatable bonds is 8. The number of fused-ring (bicyclic) bond motifs is 1. The second kappa shape index (κ2) is 11.3. The number of aromatic hydroxyl groups is 1. The molecule has 15 heteroatoms. The van der Waals surface area contributed by atoms with Crippen molar-refractivity contribution < 1.29 is 31.0 Å². The van der Waals surface area contributed by atoms with Gasteiger partial charge in [-0.3, -0.25) is 9.11 Å². The molecule has 0 aromatic heterocycles. The van der Waals surface area contributed by atoms with Gasteiger partial charge in [0.05, 0.1) is 16.8 Å². The quantitative estimate of drug-likeness (QED) is 0.0940. The summed E-state index contributed by atoms with van der Waals surface area (Å²) >= 11 is 0. The van der Waals surface area contributed by atoms with Crippen LogP contribution < -0.4 is 11.1 Å². The van der Waals surface area contributed by atoms with Crippen LogP contribution in [0.3, 0.4) is 0 Å². The van der Waals surface area contributed by atoms with Gasteiger partial charge in [-0.1, -0.05) is 23.8 Å². The summed E-state index contributed by atoms with van der Waals surface area (Å²) in [5, 5.41) is 30.1.